The predicted octanol–water partition coefficient (Wildman–Crippen LogP) is 2.33. The van der Waals surface area contributed by atoms with E-state index < -0.39 is 0 Å². The molecule has 0 spiro atoms. The van der Waals surface area contributed by atoms with Crippen LogP contribution in [-0.4, -0.2) is 31.4 Å². The van der Waals surface area contributed by atoms with Crippen LogP contribution in [0.25, 0.3) is 5.82 Å². The minimum absolute atomic E-state index is 0.0154. The van der Waals surface area contributed by atoms with Gasteiger partial charge in [0.15, 0.2) is 11.6 Å². The van der Waals surface area contributed by atoms with E-state index in [0.717, 1.165) is 67.5 Å². The Bertz CT molecular complexity index is 735. The molecule has 0 aromatic carbocycles. The lowest BCUT2D eigenvalue weighted by molar-refractivity contribution is 0.281. The normalized spacial score (nSPS) is 17.8. The predicted molar refractivity (Wildman–Crippen MR) is 87.6 cm³/mol. The first-order chi connectivity index (χ1) is 11.2. The van der Waals surface area contributed by atoms with Crippen molar-refractivity contribution in [3.8, 4) is 5.82 Å². The summed E-state index contributed by atoms with van der Waals surface area (Å²) in [7, 11) is 0. The summed E-state index contributed by atoms with van der Waals surface area (Å²) >= 11 is 0. The molecule has 3 heterocycles. The van der Waals surface area contributed by atoms with Crippen molar-refractivity contribution in [2.45, 2.75) is 58.1 Å². The molecule has 122 valence electrons. The average molecular weight is 313 g/mol. The molecule has 2 aromatic rings. The Morgan fingerprint density at radius 1 is 1.30 bits per heavy atom. The third-order valence-electron chi connectivity index (χ3n) is 5.02. The molecule has 23 heavy (non-hydrogen) atoms. The number of rotatable bonds is 5. The highest BCUT2D eigenvalue weighted by Gasteiger charge is 2.45. The largest absolute Gasteiger partial charge is 0.392 e. The Kier molecular flexibility index (Phi) is 3.37. The van der Waals surface area contributed by atoms with Crippen LogP contribution < -0.4 is 4.90 Å². The second kappa shape index (κ2) is 5.30. The summed E-state index contributed by atoms with van der Waals surface area (Å²) in [5.41, 5.74) is 2.08. The Labute approximate surface area is 136 Å². The molecular weight excluding hydrogens is 290 g/mol. The Morgan fingerprint density at radius 3 is 2.83 bits per heavy atom. The van der Waals surface area contributed by atoms with E-state index in [1.807, 2.05) is 0 Å². The number of hydrogen-bond donors (Lipinski definition) is 1. The molecular formula is C17H23N5O. The van der Waals surface area contributed by atoms with Gasteiger partial charge >= 0.3 is 0 Å². The molecule has 0 saturated heterocycles. The lowest BCUT2D eigenvalue weighted by atomic mass is 10.1. The van der Waals surface area contributed by atoms with E-state index in [2.05, 4.69) is 44.6 Å². The third kappa shape index (κ3) is 2.32. The van der Waals surface area contributed by atoms with E-state index in [0.29, 0.717) is 0 Å². The van der Waals surface area contributed by atoms with Gasteiger partial charge in [-0.3, -0.25) is 4.57 Å². The van der Waals surface area contributed by atoms with Gasteiger partial charge in [-0.2, -0.15) is 0 Å². The van der Waals surface area contributed by atoms with E-state index in [4.69, 9.17) is 0 Å². The maximum absolute atomic E-state index is 9.46. The van der Waals surface area contributed by atoms with Gasteiger partial charge in [0.1, 0.15) is 5.82 Å². The van der Waals surface area contributed by atoms with Crippen LogP contribution >= 0.6 is 0 Å². The van der Waals surface area contributed by atoms with Gasteiger partial charge < -0.3 is 10.0 Å². The third-order valence-corrected chi connectivity index (χ3v) is 5.02. The molecule has 1 aliphatic heterocycles. The van der Waals surface area contributed by atoms with E-state index in [1.54, 1.807) is 6.20 Å². The Hall–Kier alpha value is -1.95. The molecule has 0 amide bonds. The molecule has 1 aliphatic carbocycles. The van der Waals surface area contributed by atoms with Gasteiger partial charge in [-0.15, -0.1) is 10.2 Å². The van der Waals surface area contributed by atoms with E-state index in [9.17, 15) is 5.11 Å². The van der Waals surface area contributed by atoms with Gasteiger partial charge in [0.2, 0.25) is 0 Å². The molecule has 0 atom stereocenters. The van der Waals surface area contributed by atoms with E-state index in [1.165, 1.54) is 0 Å². The number of pyridine rings is 1. The van der Waals surface area contributed by atoms with Crippen molar-refractivity contribution in [2.75, 3.05) is 11.4 Å². The minimum Gasteiger partial charge on any atom is -0.392 e. The molecule has 0 unspecified atom stereocenters. The highest BCUT2D eigenvalue weighted by atomic mass is 16.3. The number of nitrogens with zero attached hydrogens (tertiary/aromatic N) is 5. The average Bonchev–Trinajstić information content (AvgIpc) is 3.17. The zero-order valence-corrected chi connectivity index (χ0v) is 13.8. The number of anilines is 1. The van der Waals surface area contributed by atoms with Gasteiger partial charge in [0.25, 0.3) is 0 Å². The second-order valence-electron chi connectivity index (χ2n) is 6.96. The summed E-state index contributed by atoms with van der Waals surface area (Å²) in [6, 6.07) is 2.06. The highest BCUT2D eigenvalue weighted by Crippen LogP contribution is 2.48. The smallest absolute Gasteiger partial charge is 0.163 e. The maximum atomic E-state index is 9.46. The SMILES string of the molecule is CCCCN1Cc2nnc(C3(C)CC3)n2-c2ncc(CO)cc21. The van der Waals surface area contributed by atoms with Crippen LogP contribution in [0.2, 0.25) is 0 Å². The number of aliphatic hydroxyl groups excluding tert-OH is 1. The minimum atomic E-state index is 0.0154. The van der Waals surface area contributed by atoms with Crippen LogP contribution in [0.15, 0.2) is 12.3 Å². The van der Waals surface area contributed by atoms with Crippen LogP contribution in [-0.2, 0) is 18.6 Å². The topological polar surface area (TPSA) is 67.1 Å². The number of aliphatic hydroxyl groups is 1. The molecule has 6 nitrogen and oxygen atoms in total. The molecule has 0 radical (unpaired) electrons. The van der Waals surface area contributed by atoms with Gasteiger partial charge in [0.05, 0.1) is 18.8 Å². The first-order valence-corrected chi connectivity index (χ1v) is 8.46. The van der Waals surface area contributed by atoms with Gasteiger partial charge in [-0.1, -0.05) is 20.3 Å². The molecule has 6 heteroatoms. The molecule has 0 bridgehead atoms. The fraction of sp³-hybridized carbons (Fsp3) is 0.588. The summed E-state index contributed by atoms with van der Waals surface area (Å²) in [4.78, 5) is 6.96. The molecule has 1 fully saturated rings. The van der Waals surface area contributed by atoms with Crippen LogP contribution in [0.4, 0.5) is 5.69 Å². The lowest BCUT2D eigenvalue weighted by Crippen LogP contribution is -2.32. The monoisotopic (exact) mass is 313 g/mol. The number of unbranched alkanes of at least 4 members (excludes halogenated alkanes) is 1. The van der Waals surface area contributed by atoms with Crippen LogP contribution in [0, 0.1) is 0 Å². The molecule has 4 rings (SSSR count). The van der Waals surface area contributed by atoms with Crippen molar-refractivity contribution in [2.24, 2.45) is 0 Å². The Balaban J connectivity index is 1.83. The van der Waals surface area contributed by atoms with Crippen molar-refractivity contribution in [1.29, 1.82) is 0 Å². The summed E-state index contributed by atoms with van der Waals surface area (Å²) in [6.07, 6.45) is 6.35. The molecule has 1 N–H and O–H groups in total. The van der Waals surface area contributed by atoms with Gasteiger partial charge in [-0.25, -0.2) is 4.98 Å². The molecule has 1 saturated carbocycles. The number of hydrogen-bond acceptors (Lipinski definition) is 5. The van der Waals surface area contributed by atoms with Crippen molar-refractivity contribution >= 4 is 5.69 Å². The molecule has 2 aromatic heterocycles. The van der Waals surface area contributed by atoms with E-state index >= 15 is 0 Å². The summed E-state index contributed by atoms with van der Waals surface area (Å²) in [5.74, 6) is 2.92. The summed E-state index contributed by atoms with van der Waals surface area (Å²) in [6.45, 7) is 6.19. The van der Waals surface area contributed by atoms with Gasteiger partial charge in [-0.05, 0) is 30.9 Å². The Morgan fingerprint density at radius 2 is 2.13 bits per heavy atom. The van der Waals surface area contributed by atoms with Crippen LogP contribution in [0.1, 0.15) is 56.7 Å². The maximum Gasteiger partial charge on any atom is 0.163 e. The first-order valence-electron chi connectivity index (χ1n) is 8.46. The van der Waals surface area contributed by atoms with Crippen molar-refractivity contribution in [3.05, 3.63) is 29.5 Å². The van der Waals surface area contributed by atoms with E-state index in [-0.39, 0.29) is 12.0 Å². The molecule has 2 aliphatic rings. The summed E-state index contributed by atoms with van der Waals surface area (Å²) in [5, 5.41) is 18.4. The fourth-order valence-electron chi connectivity index (χ4n) is 3.23. The van der Waals surface area contributed by atoms with Gasteiger partial charge in [0, 0.05) is 18.2 Å². The zero-order chi connectivity index (χ0) is 16.0. The van der Waals surface area contributed by atoms with Crippen LogP contribution in [0.3, 0.4) is 0 Å². The van der Waals surface area contributed by atoms with Crippen LogP contribution in [0.5, 0.6) is 0 Å². The standard InChI is InChI=1S/C17H23N5O/c1-3-4-7-21-10-14-19-20-16(17(2)5-6-17)22(14)15-13(21)8-12(11-23)9-18-15/h8-9,23H,3-7,10-11H2,1-2H3. The highest BCUT2D eigenvalue weighted by molar-refractivity contribution is 5.63. The van der Waals surface area contributed by atoms with Crippen molar-refractivity contribution in [1.82, 2.24) is 19.7 Å². The van der Waals surface area contributed by atoms with Crippen molar-refractivity contribution in [3.63, 3.8) is 0 Å². The lowest BCUT2D eigenvalue weighted by Gasteiger charge is -2.31. The quantitative estimate of drug-likeness (QED) is 0.917. The first kappa shape index (κ1) is 14.6. The number of aromatic nitrogens is 4. The van der Waals surface area contributed by atoms with Crippen molar-refractivity contribution < 1.29 is 5.11 Å². The fourth-order valence-corrected chi connectivity index (χ4v) is 3.23. The number of fused-ring (bicyclic) bond motifs is 3. The summed E-state index contributed by atoms with van der Waals surface area (Å²) < 4.78 is 2.14. The second-order valence-corrected chi connectivity index (χ2v) is 6.96. The zero-order valence-electron chi connectivity index (χ0n) is 13.8.